The van der Waals surface area contributed by atoms with Gasteiger partial charge in [0.1, 0.15) is 15.5 Å². The van der Waals surface area contributed by atoms with E-state index in [0.717, 1.165) is 22.5 Å². The van der Waals surface area contributed by atoms with Crippen LogP contribution >= 0.6 is 11.3 Å². The molecule has 4 aromatic rings. The highest BCUT2D eigenvalue weighted by atomic mass is 32.2. The molecule has 2 atom stereocenters. The third kappa shape index (κ3) is 5.87. The van der Waals surface area contributed by atoms with Gasteiger partial charge in [-0.1, -0.05) is 31.2 Å². The molecule has 1 unspecified atom stereocenters. The molecule has 35 heavy (non-hydrogen) atoms. The predicted octanol–water partition coefficient (Wildman–Crippen LogP) is 6.04. The van der Waals surface area contributed by atoms with Crippen LogP contribution in [0.15, 0.2) is 92.5 Å². The van der Waals surface area contributed by atoms with Gasteiger partial charge in [0.25, 0.3) is 0 Å². The van der Waals surface area contributed by atoms with Gasteiger partial charge in [0.05, 0.1) is 22.0 Å². The molecule has 7 nitrogen and oxygen atoms in total. The molecule has 2 aromatic heterocycles. The number of thiophene rings is 1. The Hall–Kier alpha value is -3.27. The van der Waals surface area contributed by atoms with Crippen molar-refractivity contribution in [2.75, 3.05) is 23.8 Å². The first-order chi connectivity index (χ1) is 17.0. The summed E-state index contributed by atoms with van der Waals surface area (Å²) >= 11 is 1.60. The van der Waals surface area contributed by atoms with Crippen LogP contribution in [0.1, 0.15) is 20.3 Å². The first-order valence-corrected chi connectivity index (χ1v) is 13.9. The van der Waals surface area contributed by atoms with Gasteiger partial charge in [-0.05, 0) is 61.2 Å². The van der Waals surface area contributed by atoms with E-state index >= 15 is 0 Å². The Morgan fingerprint density at radius 1 is 1.06 bits per heavy atom. The van der Waals surface area contributed by atoms with Crippen molar-refractivity contribution in [3.05, 3.63) is 78.3 Å². The average Bonchev–Trinajstić information content (AvgIpc) is 3.43. The van der Waals surface area contributed by atoms with E-state index in [1.807, 2.05) is 86.0 Å². The number of nitrogens with one attached hydrogen (secondary N) is 2. The minimum atomic E-state index is -2.72. The van der Waals surface area contributed by atoms with Crippen molar-refractivity contribution in [1.82, 2.24) is 9.97 Å². The SMILES string of the molecule is CCCN=S(=O)(c1ccccc1)c1ccc(Nc2ncc(-c3cccs3)c(N[C@H](C)CO)n2)cc1. The van der Waals surface area contributed by atoms with Gasteiger partial charge in [0.2, 0.25) is 5.95 Å². The fourth-order valence-corrected chi connectivity index (χ4v) is 6.18. The second-order valence-electron chi connectivity index (χ2n) is 8.00. The van der Waals surface area contributed by atoms with Gasteiger partial charge in [0, 0.05) is 29.3 Å². The Morgan fingerprint density at radius 2 is 1.80 bits per heavy atom. The van der Waals surface area contributed by atoms with E-state index < -0.39 is 9.73 Å². The zero-order chi connectivity index (χ0) is 24.7. The zero-order valence-corrected chi connectivity index (χ0v) is 21.4. The lowest BCUT2D eigenvalue weighted by atomic mass is 10.2. The standard InChI is InChI=1S/C26H29N5O2S2/c1-3-15-28-35(33,21-8-5-4-6-9-21)22-13-11-20(12-14-22)30-26-27-17-23(24-10-7-16-34-24)25(31-26)29-19(2)18-32/h4-14,16-17,19,32H,3,15,18H2,1-2H3,(H2,27,29,30,31)/t19-,35?/m1/s1. The van der Waals surface area contributed by atoms with Gasteiger partial charge in [0.15, 0.2) is 0 Å². The van der Waals surface area contributed by atoms with Crippen molar-refractivity contribution in [1.29, 1.82) is 0 Å². The van der Waals surface area contributed by atoms with Crippen LogP contribution in [-0.2, 0) is 9.73 Å². The van der Waals surface area contributed by atoms with Gasteiger partial charge in [-0.15, -0.1) is 11.3 Å². The molecule has 0 aliphatic carbocycles. The minimum Gasteiger partial charge on any atom is -0.394 e. The molecule has 0 amide bonds. The maximum absolute atomic E-state index is 13.9. The van der Waals surface area contributed by atoms with Crippen LogP contribution in [0.3, 0.4) is 0 Å². The summed E-state index contributed by atoms with van der Waals surface area (Å²) in [6.07, 6.45) is 2.60. The summed E-state index contributed by atoms with van der Waals surface area (Å²) in [6, 6.07) is 20.6. The summed E-state index contributed by atoms with van der Waals surface area (Å²) in [5.74, 6) is 1.07. The fourth-order valence-electron chi connectivity index (χ4n) is 3.41. The topological polar surface area (TPSA) is 99.5 Å². The lowest BCUT2D eigenvalue weighted by Gasteiger charge is -2.16. The number of anilines is 3. The van der Waals surface area contributed by atoms with Crippen molar-refractivity contribution >= 4 is 38.5 Å². The molecule has 2 heterocycles. The molecular weight excluding hydrogens is 478 g/mol. The first kappa shape index (κ1) is 24.8. The van der Waals surface area contributed by atoms with Crippen LogP contribution in [0.2, 0.25) is 0 Å². The van der Waals surface area contributed by atoms with Crippen molar-refractivity contribution < 1.29 is 9.32 Å². The zero-order valence-electron chi connectivity index (χ0n) is 19.7. The molecule has 0 aliphatic heterocycles. The summed E-state index contributed by atoms with van der Waals surface area (Å²) in [7, 11) is -2.72. The Balaban J connectivity index is 1.62. The molecule has 2 aromatic carbocycles. The molecule has 0 radical (unpaired) electrons. The van der Waals surface area contributed by atoms with Crippen molar-refractivity contribution in [3.63, 3.8) is 0 Å². The Kier molecular flexibility index (Phi) is 8.12. The number of aliphatic hydroxyl groups is 1. The van der Waals surface area contributed by atoms with Gasteiger partial charge >= 0.3 is 0 Å². The van der Waals surface area contributed by atoms with Gasteiger partial charge < -0.3 is 15.7 Å². The van der Waals surface area contributed by atoms with Gasteiger partial charge in [-0.25, -0.2) is 13.6 Å². The maximum atomic E-state index is 13.9. The molecule has 0 spiro atoms. The van der Waals surface area contributed by atoms with Gasteiger partial charge in [-0.2, -0.15) is 4.98 Å². The van der Waals surface area contributed by atoms with E-state index in [9.17, 15) is 9.32 Å². The maximum Gasteiger partial charge on any atom is 0.229 e. The van der Waals surface area contributed by atoms with Crippen molar-refractivity contribution in [3.8, 4) is 10.4 Å². The lowest BCUT2D eigenvalue weighted by molar-refractivity contribution is 0.281. The van der Waals surface area contributed by atoms with Crippen LogP contribution in [0.4, 0.5) is 17.5 Å². The lowest BCUT2D eigenvalue weighted by Crippen LogP contribution is -2.21. The van der Waals surface area contributed by atoms with E-state index in [1.165, 1.54) is 0 Å². The highest BCUT2D eigenvalue weighted by Crippen LogP contribution is 2.31. The molecule has 9 heteroatoms. The van der Waals surface area contributed by atoms with Crippen LogP contribution in [0.25, 0.3) is 10.4 Å². The number of aliphatic hydroxyl groups excluding tert-OH is 1. The number of aromatic nitrogens is 2. The largest absolute Gasteiger partial charge is 0.394 e. The molecule has 3 N–H and O–H groups in total. The minimum absolute atomic E-state index is 0.0120. The van der Waals surface area contributed by atoms with Gasteiger partial charge in [-0.3, -0.25) is 0 Å². The molecule has 0 aliphatic rings. The van der Waals surface area contributed by atoms with Crippen LogP contribution in [-0.4, -0.2) is 38.5 Å². The highest BCUT2D eigenvalue weighted by molar-refractivity contribution is 7.93. The summed E-state index contributed by atoms with van der Waals surface area (Å²) in [5, 5.41) is 18.0. The molecule has 0 saturated carbocycles. The fraction of sp³-hybridized carbons (Fsp3) is 0.231. The molecule has 0 fully saturated rings. The number of hydrogen-bond acceptors (Lipinski definition) is 8. The summed E-state index contributed by atoms with van der Waals surface area (Å²) in [5.41, 5.74) is 1.64. The Morgan fingerprint density at radius 3 is 2.46 bits per heavy atom. The normalized spacial score (nSPS) is 13.6. The van der Waals surface area contributed by atoms with Crippen molar-refractivity contribution in [2.45, 2.75) is 36.1 Å². The molecule has 4 rings (SSSR count). The quantitative estimate of drug-likeness (QED) is 0.242. The number of hydrogen-bond donors (Lipinski definition) is 3. The van der Waals surface area contributed by atoms with Crippen molar-refractivity contribution in [2.24, 2.45) is 4.36 Å². The third-order valence-corrected chi connectivity index (χ3v) is 8.49. The van der Waals surface area contributed by atoms with E-state index in [2.05, 4.69) is 25.0 Å². The molecular formula is C26H29N5O2S2. The van der Waals surface area contributed by atoms with E-state index in [1.54, 1.807) is 17.5 Å². The summed E-state index contributed by atoms with van der Waals surface area (Å²) in [4.78, 5) is 11.6. The van der Waals surface area contributed by atoms with E-state index in [4.69, 9.17) is 0 Å². The second-order valence-corrected chi connectivity index (χ2v) is 11.2. The third-order valence-electron chi connectivity index (χ3n) is 5.22. The van der Waals surface area contributed by atoms with E-state index in [-0.39, 0.29) is 12.6 Å². The highest BCUT2D eigenvalue weighted by Gasteiger charge is 2.16. The Labute approximate surface area is 210 Å². The Bertz CT molecular complexity index is 1350. The molecule has 0 saturated heterocycles. The molecule has 0 bridgehead atoms. The number of nitrogens with zero attached hydrogens (tertiary/aromatic N) is 3. The second kappa shape index (κ2) is 11.4. The number of rotatable bonds is 10. The van der Waals surface area contributed by atoms with E-state index in [0.29, 0.717) is 28.1 Å². The molecule has 182 valence electrons. The number of benzene rings is 2. The first-order valence-electron chi connectivity index (χ1n) is 11.5. The van der Waals surface area contributed by atoms with Crippen LogP contribution in [0.5, 0.6) is 0 Å². The van der Waals surface area contributed by atoms with Crippen LogP contribution < -0.4 is 10.6 Å². The smallest absolute Gasteiger partial charge is 0.229 e. The van der Waals surface area contributed by atoms with Crippen LogP contribution in [0, 0.1) is 0 Å². The summed E-state index contributed by atoms with van der Waals surface area (Å²) in [6.45, 7) is 4.43. The predicted molar refractivity (Wildman–Crippen MR) is 144 cm³/mol. The summed E-state index contributed by atoms with van der Waals surface area (Å²) < 4.78 is 18.5. The average molecular weight is 508 g/mol. The monoisotopic (exact) mass is 507 g/mol.